The number of hydrogen-bond acceptors (Lipinski definition) is 2. The Labute approximate surface area is 130 Å². The van der Waals surface area contributed by atoms with Crippen LogP contribution in [0.3, 0.4) is 0 Å². The average Bonchev–Trinajstić information content (AvgIpc) is 2.99. The zero-order valence-corrected chi connectivity index (χ0v) is 13.4. The van der Waals surface area contributed by atoms with Gasteiger partial charge in [-0.3, -0.25) is 0 Å². The van der Waals surface area contributed by atoms with Gasteiger partial charge in [-0.2, -0.15) is 0 Å². The standard InChI is InChI=1S/C13H17N3.C2H4Cl2/c1-11(2)16(10-13-14-8-9-15-13)12-6-4-3-5-7-12;3-1-2-4/h3-9,11H,10H2,1-2H3,(H,14,15);1-2H2. The first-order valence-electron chi connectivity index (χ1n) is 6.61. The Morgan fingerprint density at radius 1 is 1.15 bits per heavy atom. The van der Waals surface area contributed by atoms with E-state index in [9.17, 15) is 0 Å². The Morgan fingerprint density at radius 2 is 1.80 bits per heavy atom. The van der Waals surface area contributed by atoms with E-state index < -0.39 is 0 Å². The minimum atomic E-state index is 0.451. The molecule has 1 heterocycles. The summed E-state index contributed by atoms with van der Waals surface area (Å²) in [6.45, 7) is 5.20. The zero-order valence-electron chi connectivity index (χ0n) is 11.9. The topological polar surface area (TPSA) is 31.9 Å². The second-order valence-electron chi connectivity index (χ2n) is 4.47. The number of rotatable bonds is 5. The highest BCUT2D eigenvalue weighted by atomic mass is 35.5. The van der Waals surface area contributed by atoms with Gasteiger partial charge in [0, 0.05) is 35.9 Å². The van der Waals surface area contributed by atoms with Gasteiger partial charge in [-0.15, -0.1) is 23.2 Å². The fourth-order valence-corrected chi connectivity index (χ4v) is 1.74. The van der Waals surface area contributed by atoms with Crippen LogP contribution in [0.1, 0.15) is 19.7 Å². The molecule has 0 saturated carbocycles. The molecule has 2 rings (SSSR count). The van der Waals surface area contributed by atoms with Crippen LogP contribution in [0.15, 0.2) is 42.7 Å². The lowest BCUT2D eigenvalue weighted by molar-refractivity contribution is 0.666. The van der Waals surface area contributed by atoms with Crippen molar-refractivity contribution in [3.05, 3.63) is 48.5 Å². The number of halogens is 2. The van der Waals surface area contributed by atoms with Crippen molar-refractivity contribution in [2.45, 2.75) is 26.4 Å². The Bertz CT molecular complexity index is 441. The monoisotopic (exact) mass is 313 g/mol. The molecular formula is C15H21Cl2N3. The van der Waals surface area contributed by atoms with Crippen LogP contribution in [0, 0.1) is 0 Å². The molecule has 0 aliphatic rings. The maximum Gasteiger partial charge on any atom is 0.125 e. The lowest BCUT2D eigenvalue weighted by atomic mass is 10.2. The molecule has 0 aliphatic heterocycles. The van der Waals surface area contributed by atoms with Crippen LogP contribution in [0.5, 0.6) is 0 Å². The third-order valence-corrected chi connectivity index (χ3v) is 3.23. The maximum absolute atomic E-state index is 5.05. The summed E-state index contributed by atoms with van der Waals surface area (Å²) >= 11 is 10.1. The summed E-state index contributed by atoms with van der Waals surface area (Å²) in [5.74, 6) is 2.11. The number of imidazole rings is 1. The van der Waals surface area contributed by atoms with Crippen LogP contribution < -0.4 is 4.90 Å². The van der Waals surface area contributed by atoms with Gasteiger partial charge in [0.15, 0.2) is 0 Å². The number of benzene rings is 1. The van der Waals surface area contributed by atoms with Gasteiger partial charge in [-0.1, -0.05) is 18.2 Å². The molecule has 3 nitrogen and oxygen atoms in total. The quantitative estimate of drug-likeness (QED) is 0.835. The van der Waals surface area contributed by atoms with E-state index in [-0.39, 0.29) is 0 Å². The summed E-state index contributed by atoms with van der Waals surface area (Å²) in [7, 11) is 0. The van der Waals surface area contributed by atoms with Crippen LogP contribution in [-0.2, 0) is 6.54 Å². The summed E-state index contributed by atoms with van der Waals surface area (Å²) in [6.07, 6.45) is 3.65. The van der Waals surface area contributed by atoms with Crippen molar-refractivity contribution in [1.29, 1.82) is 0 Å². The summed E-state index contributed by atoms with van der Waals surface area (Å²) in [5, 5.41) is 0. The molecular weight excluding hydrogens is 293 g/mol. The highest BCUT2D eigenvalue weighted by molar-refractivity contribution is 6.25. The van der Waals surface area contributed by atoms with Gasteiger partial charge in [0.2, 0.25) is 0 Å². The molecule has 0 atom stereocenters. The highest BCUT2D eigenvalue weighted by Crippen LogP contribution is 2.18. The molecule has 2 aromatic rings. The van der Waals surface area contributed by atoms with Gasteiger partial charge in [-0.25, -0.2) is 4.98 Å². The number of para-hydroxylation sites is 1. The first-order valence-corrected chi connectivity index (χ1v) is 7.67. The molecule has 0 amide bonds. The number of H-pyrrole nitrogens is 1. The smallest absolute Gasteiger partial charge is 0.125 e. The van der Waals surface area contributed by atoms with E-state index in [1.807, 2.05) is 12.3 Å². The van der Waals surface area contributed by atoms with E-state index in [0.29, 0.717) is 17.8 Å². The van der Waals surface area contributed by atoms with Crippen molar-refractivity contribution in [2.75, 3.05) is 16.7 Å². The predicted octanol–water partition coefficient (Wildman–Crippen LogP) is 4.29. The van der Waals surface area contributed by atoms with E-state index in [0.717, 1.165) is 12.4 Å². The number of hydrogen-bond donors (Lipinski definition) is 1. The van der Waals surface area contributed by atoms with Gasteiger partial charge in [-0.05, 0) is 26.0 Å². The SMILES string of the molecule is CC(C)N(Cc1ncc[nH]1)c1ccccc1.ClCCCl. The summed E-state index contributed by atoms with van der Waals surface area (Å²) in [4.78, 5) is 9.72. The number of aromatic amines is 1. The number of anilines is 1. The molecule has 0 bridgehead atoms. The van der Waals surface area contributed by atoms with Gasteiger partial charge in [0.05, 0.1) is 6.54 Å². The molecule has 1 aromatic carbocycles. The van der Waals surface area contributed by atoms with E-state index in [4.69, 9.17) is 23.2 Å². The van der Waals surface area contributed by atoms with Crippen LogP contribution in [0.2, 0.25) is 0 Å². The second-order valence-corrected chi connectivity index (χ2v) is 5.23. The Hall–Kier alpha value is -1.19. The fourth-order valence-electron chi connectivity index (χ4n) is 1.74. The third kappa shape index (κ3) is 5.85. The van der Waals surface area contributed by atoms with Crippen molar-refractivity contribution in [3.63, 3.8) is 0 Å². The number of aromatic nitrogens is 2. The van der Waals surface area contributed by atoms with E-state index in [2.05, 4.69) is 53.0 Å². The first kappa shape index (κ1) is 16.9. The summed E-state index contributed by atoms with van der Waals surface area (Å²) in [6, 6.07) is 10.9. The van der Waals surface area contributed by atoms with Gasteiger partial charge in [0.1, 0.15) is 5.82 Å². The molecule has 0 spiro atoms. The zero-order chi connectivity index (χ0) is 14.8. The van der Waals surface area contributed by atoms with Crippen molar-refractivity contribution >= 4 is 28.9 Å². The minimum Gasteiger partial charge on any atom is -0.362 e. The van der Waals surface area contributed by atoms with Crippen LogP contribution in [0.25, 0.3) is 0 Å². The van der Waals surface area contributed by atoms with Gasteiger partial charge < -0.3 is 9.88 Å². The molecule has 1 aromatic heterocycles. The molecule has 0 unspecified atom stereocenters. The molecule has 0 fully saturated rings. The molecule has 20 heavy (non-hydrogen) atoms. The van der Waals surface area contributed by atoms with Crippen molar-refractivity contribution in [1.82, 2.24) is 9.97 Å². The molecule has 0 aliphatic carbocycles. The first-order chi connectivity index (χ1) is 9.69. The molecule has 0 saturated heterocycles. The average molecular weight is 314 g/mol. The normalized spacial score (nSPS) is 10.1. The maximum atomic E-state index is 5.05. The van der Waals surface area contributed by atoms with E-state index >= 15 is 0 Å². The molecule has 5 heteroatoms. The summed E-state index contributed by atoms with van der Waals surface area (Å²) < 4.78 is 0. The molecule has 1 N–H and O–H groups in total. The fraction of sp³-hybridized carbons (Fsp3) is 0.400. The van der Waals surface area contributed by atoms with E-state index in [1.165, 1.54) is 5.69 Å². The second kappa shape index (κ2) is 9.67. The van der Waals surface area contributed by atoms with E-state index in [1.54, 1.807) is 6.20 Å². The Balaban J connectivity index is 0.000000444. The number of alkyl halides is 2. The lowest BCUT2D eigenvalue weighted by Gasteiger charge is -2.28. The minimum absolute atomic E-state index is 0.451. The van der Waals surface area contributed by atoms with Crippen molar-refractivity contribution in [2.24, 2.45) is 0 Å². The van der Waals surface area contributed by atoms with Gasteiger partial charge >= 0.3 is 0 Å². The highest BCUT2D eigenvalue weighted by Gasteiger charge is 2.11. The summed E-state index contributed by atoms with van der Waals surface area (Å²) in [5.41, 5.74) is 1.23. The van der Waals surface area contributed by atoms with Crippen molar-refractivity contribution < 1.29 is 0 Å². The molecule has 0 radical (unpaired) electrons. The number of nitrogens with one attached hydrogen (secondary N) is 1. The van der Waals surface area contributed by atoms with Crippen molar-refractivity contribution in [3.8, 4) is 0 Å². The molecule has 110 valence electrons. The van der Waals surface area contributed by atoms with Gasteiger partial charge in [0.25, 0.3) is 0 Å². The van der Waals surface area contributed by atoms with Crippen LogP contribution in [-0.4, -0.2) is 27.8 Å². The number of nitrogens with zero attached hydrogens (tertiary/aromatic N) is 2. The van der Waals surface area contributed by atoms with Crippen LogP contribution >= 0.6 is 23.2 Å². The predicted molar refractivity (Wildman–Crippen MR) is 87.8 cm³/mol. The Kier molecular flexibility index (Phi) is 8.16. The Morgan fingerprint density at radius 3 is 2.25 bits per heavy atom. The lowest BCUT2D eigenvalue weighted by Crippen LogP contribution is -2.30. The van der Waals surface area contributed by atoms with Crippen LogP contribution in [0.4, 0.5) is 5.69 Å². The largest absolute Gasteiger partial charge is 0.362 e. The third-order valence-electron chi connectivity index (χ3n) is 2.66.